The van der Waals surface area contributed by atoms with E-state index in [4.69, 9.17) is 17.3 Å². The highest BCUT2D eigenvalue weighted by atomic mass is 35.5. The summed E-state index contributed by atoms with van der Waals surface area (Å²) in [7, 11) is -3.56. The van der Waals surface area contributed by atoms with E-state index in [0.717, 1.165) is 24.8 Å². The monoisotopic (exact) mass is 316 g/mol. The van der Waals surface area contributed by atoms with Crippen LogP contribution < -0.4 is 5.73 Å². The van der Waals surface area contributed by atoms with Crippen LogP contribution in [0.25, 0.3) is 0 Å². The van der Waals surface area contributed by atoms with Crippen LogP contribution in [0.4, 0.5) is 0 Å². The predicted octanol–water partition coefficient (Wildman–Crippen LogP) is 2.75. The molecule has 4 nitrogen and oxygen atoms in total. The van der Waals surface area contributed by atoms with Gasteiger partial charge in [0.15, 0.2) is 0 Å². The number of nitrogens with zero attached hydrogens (tertiary/aromatic N) is 1. The summed E-state index contributed by atoms with van der Waals surface area (Å²) >= 11 is 6.15. The van der Waals surface area contributed by atoms with E-state index in [2.05, 4.69) is 0 Å². The molecule has 6 heteroatoms. The normalized spacial score (nSPS) is 24.8. The summed E-state index contributed by atoms with van der Waals surface area (Å²) in [4.78, 5) is 0.178. The molecule has 1 fully saturated rings. The molecule has 1 aromatic rings. The van der Waals surface area contributed by atoms with E-state index in [0.29, 0.717) is 6.54 Å². The van der Waals surface area contributed by atoms with Gasteiger partial charge < -0.3 is 5.73 Å². The molecule has 0 spiro atoms. The third kappa shape index (κ3) is 2.86. The quantitative estimate of drug-likeness (QED) is 0.932. The molecule has 2 atom stereocenters. The lowest BCUT2D eigenvalue weighted by Gasteiger charge is -2.37. The summed E-state index contributed by atoms with van der Waals surface area (Å²) in [6, 6.07) is 4.93. The van der Waals surface area contributed by atoms with Gasteiger partial charge in [-0.25, -0.2) is 8.42 Å². The van der Waals surface area contributed by atoms with Crippen molar-refractivity contribution in [2.24, 2.45) is 5.73 Å². The number of halogens is 1. The Kier molecular flexibility index (Phi) is 4.74. The summed E-state index contributed by atoms with van der Waals surface area (Å²) in [5.74, 6) is 0. The largest absolute Gasteiger partial charge is 0.326 e. The minimum absolute atomic E-state index is 0.00833. The number of rotatable bonds is 3. The third-order valence-corrected chi connectivity index (χ3v) is 6.51. The second-order valence-corrected chi connectivity index (χ2v) is 7.65. The van der Waals surface area contributed by atoms with Gasteiger partial charge in [0.05, 0.1) is 5.02 Å². The fourth-order valence-electron chi connectivity index (χ4n) is 2.87. The first-order valence-electron chi connectivity index (χ1n) is 6.90. The Morgan fingerprint density at radius 2 is 1.90 bits per heavy atom. The molecule has 112 valence electrons. The zero-order valence-electron chi connectivity index (χ0n) is 11.8. The van der Waals surface area contributed by atoms with Gasteiger partial charge in [0.1, 0.15) is 4.90 Å². The van der Waals surface area contributed by atoms with E-state index < -0.39 is 10.0 Å². The fraction of sp³-hybridized carbons (Fsp3) is 0.571. The summed E-state index contributed by atoms with van der Waals surface area (Å²) in [5.41, 5.74) is 6.37. The lowest BCUT2D eigenvalue weighted by molar-refractivity contribution is 0.204. The predicted molar refractivity (Wildman–Crippen MR) is 81.1 cm³/mol. The summed E-state index contributed by atoms with van der Waals surface area (Å²) in [5, 5.41) is 0.248. The molecule has 0 aliphatic carbocycles. The molecule has 0 unspecified atom stereocenters. The molecular weight excluding hydrogens is 296 g/mol. The van der Waals surface area contributed by atoms with E-state index in [-0.39, 0.29) is 22.0 Å². The third-order valence-electron chi connectivity index (χ3n) is 3.90. The highest BCUT2D eigenvalue weighted by Gasteiger charge is 2.36. The minimum Gasteiger partial charge on any atom is -0.326 e. The molecular formula is C14H21ClN2O2S. The first kappa shape index (κ1) is 15.8. The van der Waals surface area contributed by atoms with Crippen LogP contribution >= 0.6 is 11.6 Å². The topological polar surface area (TPSA) is 63.4 Å². The molecule has 0 amide bonds. The standard InChI is InChI=1S/C14H21ClN2O2S/c1-10-4-3-5-11(2)17(10)20(18,19)14-7-6-12(9-16)8-13(14)15/h6-8,10-11H,3-5,9,16H2,1-2H3/t10-,11+. The Bertz CT molecular complexity index is 579. The molecule has 0 radical (unpaired) electrons. The van der Waals surface area contributed by atoms with Crippen molar-refractivity contribution in [3.63, 3.8) is 0 Å². The number of sulfonamides is 1. The van der Waals surface area contributed by atoms with Crippen LogP contribution in [-0.2, 0) is 16.6 Å². The van der Waals surface area contributed by atoms with Gasteiger partial charge in [-0.05, 0) is 44.4 Å². The van der Waals surface area contributed by atoms with Gasteiger partial charge >= 0.3 is 0 Å². The Labute approximate surface area is 126 Å². The second-order valence-electron chi connectivity index (χ2n) is 5.43. The van der Waals surface area contributed by atoms with Gasteiger partial charge in [0.25, 0.3) is 0 Å². The highest BCUT2D eigenvalue weighted by Crippen LogP contribution is 2.32. The van der Waals surface area contributed by atoms with Crippen LogP contribution in [0.1, 0.15) is 38.7 Å². The zero-order valence-corrected chi connectivity index (χ0v) is 13.4. The molecule has 1 saturated heterocycles. The van der Waals surface area contributed by atoms with Crippen molar-refractivity contribution in [2.45, 2.75) is 56.6 Å². The van der Waals surface area contributed by atoms with Crippen LogP contribution in [0.15, 0.2) is 23.1 Å². The van der Waals surface area contributed by atoms with Crippen molar-refractivity contribution >= 4 is 21.6 Å². The molecule has 2 rings (SSSR count). The maximum absolute atomic E-state index is 12.8. The van der Waals surface area contributed by atoms with Crippen molar-refractivity contribution in [3.05, 3.63) is 28.8 Å². The molecule has 1 aliphatic rings. The minimum atomic E-state index is -3.56. The van der Waals surface area contributed by atoms with Crippen LogP contribution in [0, 0.1) is 0 Å². The van der Waals surface area contributed by atoms with Gasteiger partial charge in [-0.2, -0.15) is 4.31 Å². The smallest absolute Gasteiger partial charge is 0.245 e. The van der Waals surface area contributed by atoms with Crippen LogP contribution in [-0.4, -0.2) is 24.8 Å². The van der Waals surface area contributed by atoms with Gasteiger partial charge in [0.2, 0.25) is 10.0 Å². The average Bonchev–Trinajstić information content (AvgIpc) is 2.37. The number of piperidine rings is 1. The molecule has 20 heavy (non-hydrogen) atoms. The van der Waals surface area contributed by atoms with E-state index in [1.165, 1.54) is 0 Å². The van der Waals surface area contributed by atoms with Crippen LogP contribution in [0.5, 0.6) is 0 Å². The van der Waals surface area contributed by atoms with Crippen LogP contribution in [0.2, 0.25) is 5.02 Å². The van der Waals surface area contributed by atoms with E-state index >= 15 is 0 Å². The lowest BCUT2D eigenvalue weighted by atomic mass is 10.0. The molecule has 0 saturated carbocycles. The molecule has 2 N–H and O–H groups in total. The van der Waals surface area contributed by atoms with Gasteiger partial charge in [-0.15, -0.1) is 0 Å². The number of hydrogen-bond donors (Lipinski definition) is 1. The first-order chi connectivity index (χ1) is 9.37. The number of benzene rings is 1. The van der Waals surface area contributed by atoms with Crippen molar-refractivity contribution in [3.8, 4) is 0 Å². The fourth-order valence-corrected chi connectivity index (χ4v) is 5.29. The van der Waals surface area contributed by atoms with Crippen molar-refractivity contribution in [2.75, 3.05) is 0 Å². The molecule has 0 bridgehead atoms. The molecule has 1 aromatic carbocycles. The Hall–Kier alpha value is -0.620. The molecule has 0 aromatic heterocycles. The maximum Gasteiger partial charge on any atom is 0.245 e. The lowest BCUT2D eigenvalue weighted by Crippen LogP contribution is -2.47. The van der Waals surface area contributed by atoms with E-state index in [1.54, 1.807) is 22.5 Å². The van der Waals surface area contributed by atoms with E-state index in [9.17, 15) is 8.42 Å². The summed E-state index contributed by atoms with van der Waals surface area (Å²) in [6.45, 7) is 4.25. The van der Waals surface area contributed by atoms with Gasteiger partial charge in [0, 0.05) is 18.6 Å². The summed E-state index contributed by atoms with van der Waals surface area (Å²) < 4.78 is 27.3. The number of hydrogen-bond acceptors (Lipinski definition) is 3. The van der Waals surface area contributed by atoms with Crippen LogP contribution in [0.3, 0.4) is 0 Å². The summed E-state index contributed by atoms with van der Waals surface area (Å²) in [6.07, 6.45) is 2.85. The Morgan fingerprint density at radius 3 is 2.40 bits per heavy atom. The average molecular weight is 317 g/mol. The van der Waals surface area contributed by atoms with Crippen molar-refractivity contribution in [1.82, 2.24) is 4.31 Å². The van der Waals surface area contributed by atoms with E-state index in [1.807, 2.05) is 13.8 Å². The van der Waals surface area contributed by atoms with Gasteiger partial charge in [-0.1, -0.05) is 24.1 Å². The molecule has 1 aliphatic heterocycles. The zero-order chi connectivity index (χ0) is 14.9. The van der Waals surface area contributed by atoms with Crippen molar-refractivity contribution in [1.29, 1.82) is 0 Å². The number of nitrogens with two attached hydrogens (primary N) is 1. The Balaban J connectivity index is 2.44. The second kappa shape index (κ2) is 6.02. The van der Waals surface area contributed by atoms with Crippen molar-refractivity contribution < 1.29 is 8.42 Å². The maximum atomic E-state index is 12.8. The Morgan fingerprint density at radius 1 is 1.30 bits per heavy atom. The van der Waals surface area contributed by atoms with Gasteiger partial charge in [-0.3, -0.25) is 0 Å². The highest BCUT2D eigenvalue weighted by molar-refractivity contribution is 7.89. The SMILES string of the molecule is C[C@@H]1CCC[C@H](C)N1S(=O)(=O)c1ccc(CN)cc1Cl. The molecule has 1 heterocycles. The first-order valence-corrected chi connectivity index (χ1v) is 8.71.